The van der Waals surface area contributed by atoms with E-state index in [1.807, 2.05) is 0 Å². The zero-order chi connectivity index (χ0) is 13.2. The molecule has 2 fully saturated rings. The third-order valence-corrected chi connectivity index (χ3v) is 3.99. The summed E-state index contributed by atoms with van der Waals surface area (Å²) in [5, 5.41) is 9.44. The Morgan fingerprint density at radius 2 is 1.50 bits per heavy atom. The average Bonchev–Trinajstić information content (AvgIpc) is 2.29. The van der Waals surface area contributed by atoms with Crippen LogP contribution in [0.4, 0.5) is 13.2 Å². The number of halogens is 3. The number of hydrogen-bond acceptors (Lipinski definition) is 3. The van der Waals surface area contributed by atoms with E-state index in [4.69, 9.17) is 0 Å². The van der Waals surface area contributed by atoms with Crippen molar-refractivity contribution in [3.05, 3.63) is 0 Å². The number of rotatable bonds is 2. The predicted molar refractivity (Wildman–Crippen MR) is 62.3 cm³/mol. The van der Waals surface area contributed by atoms with Gasteiger partial charge in [-0.3, -0.25) is 9.80 Å². The van der Waals surface area contributed by atoms with Gasteiger partial charge in [-0.15, -0.1) is 0 Å². The second kappa shape index (κ2) is 5.75. The highest BCUT2D eigenvalue weighted by Crippen LogP contribution is 2.24. The quantitative estimate of drug-likeness (QED) is 0.820. The molecule has 1 N–H and O–H groups in total. The van der Waals surface area contributed by atoms with Crippen molar-refractivity contribution in [1.29, 1.82) is 0 Å². The molecule has 6 heteroatoms. The summed E-state index contributed by atoms with van der Waals surface area (Å²) in [6.45, 7) is 1.65. The van der Waals surface area contributed by atoms with Crippen molar-refractivity contribution in [3.63, 3.8) is 0 Å². The van der Waals surface area contributed by atoms with Crippen molar-refractivity contribution in [1.82, 2.24) is 9.80 Å². The third-order valence-electron chi connectivity index (χ3n) is 3.99. The van der Waals surface area contributed by atoms with E-state index in [-0.39, 0.29) is 6.10 Å². The Bertz CT molecular complexity index is 257. The zero-order valence-corrected chi connectivity index (χ0v) is 10.5. The van der Waals surface area contributed by atoms with Crippen molar-refractivity contribution < 1.29 is 18.3 Å². The summed E-state index contributed by atoms with van der Waals surface area (Å²) in [7, 11) is 0. The highest BCUT2D eigenvalue weighted by atomic mass is 19.4. The zero-order valence-electron chi connectivity index (χ0n) is 10.5. The molecule has 106 valence electrons. The van der Waals surface area contributed by atoms with Crippen molar-refractivity contribution in [2.75, 3.05) is 32.7 Å². The van der Waals surface area contributed by atoms with Crippen LogP contribution in [0, 0.1) is 0 Å². The monoisotopic (exact) mass is 266 g/mol. The normalized spacial score (nSPS) is 32.7. The summed E-state index contributed by atoms with van der Waals surface area (Å²) >= 11 is 0. The lowest BCUT2D eigenvalue weighted by atomic mass is 9.91. The first-order chi connectivity index (χ1) is 8.44. The maximum Gasteiger partial charge on any atom is 0.401 e. The van der Waals surface area contributed by atoms with Crippen LogP contribution in [-0.2, 0) is 0 Å². The van der Waals surface area contributed by atoms with E-state index in [0.29, 0.717) is 19.1 Å². The molecule has 18 heavy (non-hydrogen) atoms. The predicted octanol–water partition coefficient (Wildman–Crippen LogP) is 1.47. The van der Waals surface area contributed by atoms with Crippen LogP contribution in [0.5, 0.6) is 0 Å². The Labute approximate surface area is 106 Å². The molecular formula is C12H21F3N2O. The lowest BCUT2D eigenvalue weighted by Crippen LogP contribution is -2.53. The van der Waals surface area contributed by atoms with Gasteiger partial charge in [0.1, 0.15) is 0 Å². The molecule has 0 atom stereocenters. The average molecular weight is 266 g/mol. The lowest BCUT2D eigenvalue weighted by Gasteiger charge is -2.41. The summed E-state index contributed by atoms with van der Waals surface area (Å²) < 4.78 is 36.8. The number of aliphatic hydroxyl groups excluding tert-OH is 1. The minimum atomic E-state index is -4.09. The van der Waals surface area contributed by atoms with Gasteiger partial charge in [0.05, 0.1) is 12.6 Å². The first kappa shape index (κ1) is 14.1. The minimum Gasteiger partial charge on any atom is -0.393 e. The van der Waals surface area contributed by atoms with E-state index < -0.39 is 12.7 Å². The third kappa shape index (κ3) is 4.10. The van der Waals surface area contributed by atoms with Crippen molar-refractivity contribution >= 4 is 0 Å². The molecule has 1 saturated heterocycles. The Kier molecular flexibility index (Phi) is 4.50. The van der Waals surface area contributed by atoms with Gasteiger partial charge >= 0.3 is 6.18 Å². The molecule has 0 radical (unpaired) electrons. The van der Waals surface area contributed by atoms with Gasteiger partial charge in [0.2, 0.25) is 0 Å². The molecule has 1 aliphatic heterocycles. The van der Waals surface area contributed by atoms with E-state index >= 15 is 0 Å². The van der Waals surface area contributed by atoms with Gasteiger partial charge in [-0.2, -0.15) is 13.2 Å². The Balaban J connectivity index is 1.73. The second-order valence-electron chi connectivity index (χ2n) is 5.39. The summed E-state index contributed by atoms with van der Waals surface area (Å²) in [5.41, 5.74) is 0. The standard InChI is InChI=1S/C12H21F3N2O/c13-12(14,15)9-16-5-7-17(8-6-16)10-1-3-11(18)4-2-10/h10-11,18H,1-9H2. The number of aliphatic hydroxyl groups is 1. The van der Waals surface area contributed by atoms with Crippen LogP contribution >= 0.6 is 0 Å². The molecule has 0 amide bonds. The fourth-order valence-corrected chi connectivity index (χ4v) is 2.96. The highest BCUT2D eigenvalue weighted by molar-refractivity contribution is 4.83. The van der Waals surface area contributed by atoms with E-state index in [9.17, 15) is 18.3 Å². The number of nitrogens with zero attached hydrogens (tertiary/aromatic N) is 2. The number of piperazine rings is 1. The van der Waals surface area contributed by atoms with Crippen LogP contribution in [0.2, 0.25) is 0 Å². The van der Waals surface area contributed by atoms with E-state index in [0.717, 1.165) is 38.8 Å². The molecule has 1 aliphatic carbocycles. The number of alkyl halides is 3. The minimum absolute atomic E-state index is 0.173. The van der Waals surface area contributed by atoms with Crippen LogP contribution in [-0.4, -0.2) is 66.0 Å². The summed E-state index contributed by atoms with van der Waals surface area (Å²) in [6.07, 6.45) is -0.661. The Morgan fingerprint density at radius 1 is 0.944 bits per heavy atom. The highest BCUT2D eigenvalue weighted by Gasteiger charge is 2.33. The summed E-state index contributed by atoms with van der Waals surface area (Å²) in [5.74, 6) is 0. The van der Waals surface area contributed by atoms with Gasteiger partial charge in [-0.05, 0) is 25.7 Å². The van der Waals surface area contributed by atoms with Gasteiger partial charge in [0.25, 0.3) is 0 Å². The largest absolute Gasteiger partial charge is 0.401 e. The molecule has 1 heterocycles. The van der Waals surface area contributed by atoms with E-state index in [1.54, 1.807) is 0 Å². The molecule has 0 unspecified atom stereocenters. The summed E-state index contributed by atoms with van der Waals surface area (Å²) in [4.78, 5) is 3.77. The first-order valence-electron chi connectivity index (χ1n) is 6.65. The van der Waals surface area contributed by atoms with Gasteiger partial charge in [-0.25, -0.2) is 0 Å². The van der Waals surface area contributed by atoms with E-state index in [2.05, 4.69) is 4.90 Å². The maximum absolute atomic E-state index is 12.3. The molecule has 2 rings (SSSR count). The van der Waals surface area contributed by atoms with Crippen LogP contribution in [0.25, 0.3) is 0 Å². The first-order valence-corrected chi connectivity index (χ1v) is 6.65. The fourth-order valence-electron chi connectivity index (χ4n) is 2.96. The van der Waals surface area contributed by atoms with E-state index in [1.165, 1.54) is 4.90 Å². The van der Waals surface area contributed by atoms with Gasteiger partial charge in [0.15, 0.2) is 0 Å². The van der Waals surface area contributed by atoms with Crippen molar-refractivity contribution in [2.45, 2.75) is 44.0 Å². The molecule has 2 aliphatic rings. The van der Waals surface area contributed by atoms with Crippen molar-refractivity contribution in [3.8, 4) is 0 Å². The van der Waals surface area contributed by atoms with Crippen LogP contribution in [0.3, 0.4) is 0 Å². The lowest BCUT2D eigenvalue weighted by molar-refractivity contribution is -0.150. The van der Waals surface area contributed by atoms with Gasteiger partial charge in [0, 0.05) is 32.2 Å². The molecule has 0 spiro atoms. The molecule has 0 bridgehead atoms. The fraction of sp³-hybridized carbons (Fsp3) is 1.00. The Morgan fingerprint density at radius 3 is 2.00 bits per heavy atom. The molecular weight excluding hydrogens is 245 g/mol. The Hall–Kier alpha value is -0.330. The van der Waals surface area contributed by atoms with Crippen LogP contribution < -0.4 is 0 Å². The topological polar surface area (TPSA) is 26.7 Å². The molecule has 0 aromatic rings. The molecule has 0 aromatic heterocycles. The van der Waals surface area contributed by atoms with Gasteiger partial charge < -0.3 is 5.11 Å². The second-order valence-corrected chi connectivity index (χ2v) is 5.39. The van der Waals surface area contributed by atoms with Crippen LogP contribution in [0.15, 0.2) is 0 Å². The van der Waals surface area contributed by atoms with Gasteiger partial charge in [-0.1, -0.05) is 0 Å². The molecule has 0 aromatic carbocycles. The smallest absolute Gasteiger partial charge is 0.393 e. The molecule has 3 nitrogen and oxygen atoms in total. The number of hydrogen-bond donors (Lipinski definition) is 1. The van der Waals surface area contributed by atoms with Crippen molar-refractivity contribution in [2.24, 2.45) is 0 Å². The maximum atomic E-state index is 12.3. The SMILES string of the molecule is OC1CCC(N2CCN(CC(F)(F)F)CC2)CC1. The van der Waals surface area contributed by atoms with Crippen LogP contribution in [0.1, 0.15) is 25.7 Å². The molecule has 1 saturated carbocycles. The summed E-state index contributed by atoms with van der Waals surface area (Å²) in [6, 6.07) is 0.460.